The van der Waals surface area contributed by atoms with Crippen LogP contribution in [0.15, 0.2) is 41.3 Å². The van der Waals surface area contributed by atoms with Gasteiger partial charge in [-0.25, -0.2) is 0 Å². The molecule has 2 aromatic carbocycles. The predicted octanol–water partition coefficient (Wildman–Crippen LogP) is 7.43. The Morgan fingerprint density at radius 3 is 2.33 bits per heavy atom. The molecule has 17 heteroatoms. The smallest absolute Gasteiger partial charge is 0.312 e. The van der Waals surface area contributed by atoms with E-state index in [1.807, 2.05) is 0 Å². The summed E-state index contributed by atoms with van der Waals surface area (Å²) in [6.45, 7) is 12.7. The van der Waals surface area contributed by atoms with Crippen LogP contribution < -0.4 is 10.1 Å². The van der Waals surface area contributed by atoms with E-state index in [1.165, 1.54) is 53.2 Å². The second-order valence-electron chi connectivity index (χ2n) is 15.9. The van der Waals surface area contributed by atoms with Crippen molar-refractivity contribution < 1.29 is 63.7 Å². The maximum atomic E-state index is 14.4. The summed E-state index contributed by atoms with van der Waals surface area (Å²) in [7, 11) is 1.43. The van der Waals surface area contributed by atoms with Crippen LogP contribution in [0.4, 0.5) is 5.69 Å². The number of ketones is 1. The molecule has 0 aromatic heterocycles. The minimum absolute atomic E-state index is 0.0342. The summed E-state index contributed by atoms with van der Waals surface area (Å²) >= 11 is 7.00. The van der Waals surface area contributed by atoms with Gasteiger partial charge in [0, 0.05) is 71.3 Å². The third kappa shape index (κ3) is 10.9. The molecule has 2 aromatic rings. The normalized spacial score (nSPS) is 30.0. The Hall–Kier alpha value is -4.16. The number of benzene rings is 2. The molecule has 0 fully saturated rings. The van der Waals surface area contributed by atoms with E-state index in [1.54, 1.807) is 39.8 Å². The van der Waals surface area contributed by atoms with Gasteiger partial charge >= 0.3 is 11.8 Å². The molecule has 3 heterocycles. The Labute approximate surface area is 373 Å². The van der Waals surface area contributed by atoms with Crippen LogP contribution in [0.25, 0.3) is 10.8 Å². The first kappa shape index (κ1) is 49.5. The van der Waals surface area contributed by atoms with Crippen LogP contribution in [0.2, 0.25) is 0 Å². The third-order valence-electron chi connectivity index (χ3n) is 11.5. The molecule has 6 N–H and O–H groups in total. The fourth-order valence-corrected chi connectivity index (χ4v) is 8.27. The number of hydrogen-bond acceptors (Lipinski definition) is 14. The minimum atomic E-state index is -2.06. The number of halogens is 2. The predicted molar refractivity (Wildman–Crippen MR) is 238 cm³/mol. The van der Waals surface area contributed by atoms with Crippen molar-refractivity contribution in [3.05, 3.63) is 52.8 Å². The molecule has 1 amide bonds. The Morgan fingerprint density at radius 2 is 1.69 bits per heavy atom. The van der Waals surface area contributed by atoms with Crippen LogP contribution in [-0.4, -0.2) is 103 Å². The zero-order chi connectivity index (χ0) is 45.5. The minimum Gasteiger partial charge on any atom is -0.507 e. The molecule has 336 valence electrons. The largest absolute Gasteiger partial charge is 0.507 e. The van der Waals surface area contributed by atoms with E-state index in [0.717, 1.165) is 24.4 Å². The highest BCUT2D eigenvalue weighted by Crippen LogP contribution is 2.55. The number of ether oxygens (including phenoxy) is 4. The van der Waals surface area contributed by atoms with Gasteiger partial charge in [0.05, 0.1) is 53.0 Å². The molecule has 3 aliphatic heterocycles. The fourth-order valence-electron chi connectivity index (χ4n) is 7.62. The van der Waals surface area contributed by atoms with Crippen molar-refractivity contribution in [2.45, 2.75) is 110 Å². The Balaban J connectivity index is 1.91. The van der Waals surface area contributed by atoms with Crippen LogP contribution in [0.5, 0.6) is 23.0 Å². The molecule has 15 nitrogen and oxygen atoms in total. The molecular weight excluding hydrogens is 924 g/mol. The Morgan fingerprint density at radius 1 is 1.00 bits per heavy atom. The number of esters is 1. The second kappa shape index (κ2) is 21.3. The van der Waals surface area contributed by atoms with E-state index < -0.39 is 88.8 Å². The van der Waals surface area contributed by atoms with Gasteiger partial charge in [-0.3, -0.25) is 14.4 Å². The lowest BCUT2D eigenvalue weighted by Crippen LogP contribution is -2.46. The molecule has 5 bridgehead atoms. The van der Waals surface area contributed by atoms with Crippen LogP contribution in [-0.2, 0) is 28.6 Å². The number of anilines is 1. The maximum absolute atomic E-state index is 14.4. The lowest BCUT2D eigenvalue weighted by atomic mass is 9.78. The summed E-state index contributed by atoms with van der Waals surface area (Å²) < 4.78 is 23.5. The number of fused-ring (bicyclic) bond motifs is 14. The monoisotopic (exact) mass is 980 g/mol. The van der Waals surface area contributed by atoms with Gasteiger partial charge in [0.15, 0.2) is 5.75 Å². The average Bonchev–Trinajstić information content (AvgIpc) is 3.49. The van der Waals surface area contributed by atoms with Gasteiger partial charge < -0.3 is 54.6 Å². The topological polar surface area (TPSA) is 223 Å². The molecule has 0 aliphatic carbocycles. The van der Waals surface area contributed by atoms with Crippen molar-refractivity contribution in [1.29, 1.82) is 0 Å². The molecule has 0 spiro atoms. The zero-order valence-electron chi connectivity index (χ0n) is 35.9. The van der Waals surface area contributed by atoms with Gasteiger partial charge in [-0.2, -0.15) is 0 Å². The van der Waals surface area contributed by atoms with Crippen molar-refractivity contribution in [1.82, 2.24) is 0 Å². The number of aliphatic hydroxyl groups excluding tert-OH is 2. The van der Waals surface area contributed by atoms with E-state index in [0.29, 0.717) is 11.2 Å². The highest BCUT2D eigenvalue weighted by Gasteiger charge is 2.50. The molecule has 61 heavy (non-hydrogen) atoms. The first-order valence-corrected chi connectivity index (χ1v) is 22.2. The summed E-state index contributed by atoms with van der Waals surface area (Å²) in [5, 5.41) is 65.0. The number of nitrogens with zero attached hydrogens (tertiary/aromatic N) is 1. The first-order chi connectivity index (χ1) is 28.7. The summed E-state index contributed by atoms with van der Waals surface area (Å²) in [5.74, 6) is -8.64. The van der Waals surface area contributed by atoms with Crippen molar-refractivity contribution >= 4 is 72.2 Å². The molecule has 5 rings (SSSR count). The summed E-state index contributed by atoms with van der Waals surface area (Å²) in [4.78, 5) is 46.2. The number of methoxy groups -OCH3 is 1. The highest BCUT2D eigenvalue weighted by molar-refractivity contribution is 9.12. The molecule has 10 atom stereocenters. The molecule has 10 unspecified atom stereocenters. The number of Topliss-reactive ketones (excluding diaryl/α,β-unsaturated/α-hetero) is 1. The number of nitrogens with one attached hydrogen (secondary N) is 1. The van der Waals surface area contributed by atoms with Crippen LogP contribution in [0, 0.1) is 30.6 Å². The molecule has 3 aliphatic rings. The number of phenolic OH excluding ortho intramolecular Hbond substituents is 3. The number of hydrogen-bond donors (Lipinski definition) is 6. The van der Waals surface area contributed by atoms with Crippen LogP contribution in [0.3, 0.4) is 0 Å². The van der Waals surface area contributed by atoms with Crippen LogP contribution in [0.1, 0.15) is 89.2 Å². The number of rotatable bonds is 10. The number of allylic oxidation sites excluding steroid dienone is 2. The number of carbonyl (C=O) groups excluding carboxylic acids is 3. The van der Waals surface area contributed by atoms with Crippen molar-refractivity contribution in [2.75, 3.05) is 24.4 Å². The van der Waals surface area contributed by atoms with Gasteiger partial charge in [0.2, 0.25) is 0 Å². The fraction of sp³-hybridized carbons (Fsp3) is 0.545. The van der Waals surface area contributed by atoms with Gasteiger partial charge in [-0.1, -0.05) is 82.9 Å². The molecule has 0 saturated heterocycles. The van der Waals surface area contributed by atoms with E-state index >= 15 is 0 Å². The van der Waals surface area contributed by atoms with Crippen molar-refractivity contribution in [3.63, 3.8) is 0 Å². The number of oxime groups is 1. The number of unbranched alkanes of at least 4 members (excludes halogenated alkanes) is 1. The summed E-state index contributed by atoms with van der Waals surface area (Å²) in [6, 6.07) is 0. The van der Waals surface area contributed by atoms with Gasteiger partial charge in [-0.15, -0.1) is 0 Å². The lowest BCUT2D eigenvalue weighted by molar-refractivity contribution is -0.160. The van der Waals surface area contributed by atoms with E-state index in [4.69, 9.17) is 23.8 Å². The number of amides is 1. The maximum Gasteiger partial charge on any atom is 0.312 e. The number of aromatic hydroxyl groups is 3. The van der Waals surface area contributed by atoms with Crippen LogP contribution >= 0.6 is 31.9 Å². The van der Waals surface area contributed by atoms with Crippen molar-refractivity contribution in [2.24, 2.45) is 28.8 Å². The van der Waals surface area contributed by atoms with Gasteiger partial charge in [-0.05, 0) is 39.2 Å². The first-order valence-electron chi connectivity index (χ1n) is 20.1. The number of phenols is 3. The van der Waals surface area contributed by atoms with E-state index in [-0.39, 0.29) is 51.1 Å². The molecular formula is C44H58Br2N2O13. The zero-order valence-corrected chi connectivity index (χ0v) is 39.1. The lowest BCUT2D eigenvalue weighted by Gasteiger charge is -2.38. The standard InChI is InChI=1S/C44H58Br2N2O13/c1-21-13-12-14-22(2)43(56)48-34-29(20-47-59-17-11-10-15-28(46)19-45)38(53)31-32(39(34)54)37(52)26(6)41-33(31)42(55)44(8,61-41)58-18-16-30(57-9)23(3)40(60-27(7)49)25(5)36(51)24(4)35(21)50/h12-14,16,18,20-21,23-25,28,30,35-36,40,50-54H,10-11,15,17,19H2,1-9H3,(H,48,56)/b13-12+,18-16+,22-14-,47-20+. The summed E-state index contributed by atoms with van der Waals surface area (Å²) in [6.07, 6.45) is 6.93. The van der Waals surface area contributed by atoms with Gasteiger partial charge in [0.25, 0.3) is 11.7 Å². The number of carbonyl (C=O) groups is 3. The Bertz CT molecular complexity index is 2070. The molecule has 0 radical (unpaired) electrons. The van der Waals surface area contributed by atoms with Crippen molar-refractivity contribution in [3.8, 4) is 23.0 Å². The highest BCUT2D eigenvalue weighted by atomic mass is 79.9. The number of aliphatic hydroxyl groups is 2. The third-order valence-corrected chi connectivity index (χ3v) is 13.9. The van der Waals surface area contributed by atoms with Gasteiger partial charge in [0.1, 0.15) is 30.0 Å². The van der Waals surface area contributed by atoms with E-state index in [9.17, 15) is 39.9 Å². The Kier molecular flexibility index (Phi) is 17.3. The molecule has 0 saturated carbocycles. The average molecular weight is 983 g/mol. The quantitative estimate of drug-likeness (QED) is 0.0260. The SMILES string of the molecule is COC1/C=C/OC2(C)Oc3c(C)c(O)c4c(O)c(c(/C=N/OCCCCC(Br)CBr)c(O)c4c3C2=O)NC(=O)/C(C)=C\C=C\C(C)C(O)C(C)C(O)C(C)C(OC(C)=O)C1C. The number of alkyl halides is 2. The second-order valence-corrected chi connectivity index (χ2v) is 17.9. The summed E-state index contributed by atoms with van der Waals surface area (Å²) in [5.41, 5.74) is -0.600. The van der Waals surface area contributed by atoms with E-state index in [2.05, 4.69) is 42.3 Å².